The van der Waals surface area contributed by atoms with Gasteiger partial charge in [0.05, 0.1) is 0 Å². The summed E-state index contributed by atoms with van der Waals surface area (Å²) in [5, 5.41) is 3.46. The van der Waals surface area contributed by atoms with Crippen LogP contribution in [0.5, 0.6) is 0 Å². The minimum Gasteiger partial charge on any atom is -0.322 e. The van der Waals surface area contributed by atoms with E-state index >= 15 is 0 Å². The summed E-state index contributed by atoms with van der Waals surface area (Å²) >= 11 is 5.86. The van der Waals surface area contributed by atoms with Crippen LogP contribution in [0.2, 0.25) is 5.02 Å². The third-order valence-electron chi connectivity index (χ3n) is 2.58. The Morgan fingerprint density at radius 3 is 2.68 bits per heavy atom. The van der Waals surface area contributed by atoms with Crippen LogP contribution in [0.3, 0.4) is 0 Å². The number of hydrogen-bond donors (Lipinski definition) is 1. The second-order valence-electron chi connectivity index (χ2n) is 4.06. The normalized spacial score (nSPS) is 10.6. The predicted molar refractivity (Wildman–Crippen MR) is 78.1 cm³/mol. The predicted octanol–water partition coefficient (Wildman–Crippen LogP) is 3.70. The van der Waals surface area contributed by atoms with Crippen LogP contribution in [-0.4, -0.2) is 10.9 Å². The maximum atomic E-state index is 11.8. The van der Waals surface area contributed by atoms with Crippen molar-refractivity contribution in [3.05, 3.63) is 65.0 Å². The van der Waals surface area contributed by atoms with Crippen molar-refractivity contribution in [1.82, 2.24) is 4.98 Å². The minimum absolute atomic E-state index is 0.178. The third-order valence-corrected chi connectivity index (χ3v) is 2.81. The van der Waals surface area contributed by atoms with E-state index in [1.807, 2.05) is 25.1 Å². The topological polar surface area (TPSA) is 42.0 Å². The molecule has 4 heteroatoms. The van der Waals surface area contributed by atoms with Crippen LogP contribution in [-0.2, 0) is 4.79 Å². The number of aryl methyl sites for hydroxylation is 1. The van der Waals surface area contributed by atoms with Crippen LogP contribution >= 0.6 is 11.6 Å². The lowest BCUT2D eigenvalue weighted by Crippen LogP contribution is -2.08. The summed E-state index contributed by atoms with van der Waals surface area (Å²) in [6, 6.07) is 9.00. The average molecular weight is 273 g/mol. The highest BCUT2D eigenvalue weighted by molar-refractivity contribution is 6.30. The zero-order valence-corrected chi connectivity index (χ0v) is 11.2. The van der Waals surface area contributed by atoms with E-state index in [0.717, 1.165) is 16.8 Å². The molecule has 0 spiro atoms. The van der Waals surface area contributed by atoms with E-state index in [0.29, 0.717) is 5.02 Å². The van der Waals surface area contributed by atoms with Gasteiger partial charge in [-0.2, -0.15) is 0 Å². The van der Waals surface area contributed by atoms with Gasteiger partial charge in [0.1, 0.15) is 0 Å². The van der Waals surface area contributed by atoms with Gasteiger partial charge in [-0.15, -0.1) is 0 Å². The molecule has 0 radical (unpaired) electrons. The van der Waals surface area contributed by atoms with E-state index in [4.69, 9.17) is 11.6 Å². The first-order valence-electron chi connectivity index (χ1n) is 5.80. The monoisotopic (exact) mass is 272 g/mol. The molecule has 0 aliphatic carbocycles. The van der Waals surface area contributed by atoms with Crippen LogP contribution in [0.15, 0.2) is 48.8 Å². The smallest absolute Gasteiger partial charge is 0.248 e. The number of anilines is 1. The number of carbonyl (C=O) groups excluding carboxylic acids is 1. The molecule has 0 saturated carbocycles. The molecule has 19 heavy (non-hydrogen) atoms. The fourth-order valence-electron chi connectivity index (χ4n) is 1.59. The van der Waals surface area contributed by atoms with Crippen LogP contribution in [0.1, 0.15) is 11.1 Å². The number of halogens is 1. The summed E-state index contributed by atoms with van der Waals surface area (Å²) in [5.74, 6) is -0.178. The molecule has 1 N–H and O–H groups in total. The number of nitrogens with one attached hydrogen (secondary N) is 1. The van der Waals surface area contributed by atoms with Crippen molar-refractivity contribution >= 4 is 29.3 Å². The van der Waals surface area contributed by atoms with Gasteiger partial charge in [-0.3, -0.25) is 9.78 Å². The van der Waals surface area contributed by atoms with Gasteiger partial charge in [0.2, 0.25) is 5.91 Å². The number of pyridine rings is 1. The summed E-state index contributed by atoms with van der Waals surface area (Å²) in [6.07, 6.45) is 6.59. The van der Waals surface area contributed by atoms with Gasteiger partial charge in [-0.05, 0) is 54.5 Å². The molecule has 2 rings (SSSR count). The summed E-state index contributed by atoms with van der Waals surface area (Å²) < 4.78 is 0. The van der Waals surface area contributed by atoms with Crippen molar-refractivity contribution < 1.29 is 4.79 Å². The van der Waals surface area contributed by atoms with E-state index in [1.165, 1.54) is 6.08 Å². The number of amides is 1. The molecule has 0 aliphatic heterocycles. The molecular formula is C15H13ClN2O. The second-order valence-corrected chi connectivity index (χ2v) is 4.50. The van der Waals surface area contributed by atoms with Crippen molar-refractivity contribution in [1.29, 1.82) is 0 Å². The molecule has 0 unspecified atom stereocenters. The van der Waals surface area contributed by atoms with Gasteiger partial charge in [0, 0.05) is 29.2 Å². The Labute approximate surface area is 116 Å². The molecule has 0 bridgehead atoms. The SMILES string of the molecule is Cc1cc(Cl)ccc1NC(=O)C=Cc1ccncc1. The fraction of sp³-hybridized carbons (Fsp3) is 0.0667. The zero-order valence-electron chi connectivity index (χ0n) is 10.4. The molecule has 3 nitrogen and oxygen atoms in total. The van der Waals surface area contributed by atoms with Crippen molar-refractivity contribution in [3.63, 3.8) is 0 Å². The van der Waals surface area contributed by atoms with Crippen molar-refractivity contribution in [2.45, 2.75) is 6.92 Å². The van der Waals surface area contributed by atoms with Gasteiger partial charge < -0.3 is 5.32 Å². The van der Waals surface area contributed by atoms with Crippen LogP contribution in [0.4, 0.5) is 5.69 Å². The maximum absolute atomic E-state index is 11.8. The number of nitrogens with zero attached hydrogens (tertiary/aromatic N) is 1. The van der Waals surface area contributed by atoms with Gasteiger partial charge in [0.25, 0.3) is 0 Å². The first-order valence-corrected chi connectivity index (χ1v) is 6.18. The van der Waals surface area contributed by atoms with E-state index in [9.17, 15) is 4.79 Å². The lowest BCUT2D eigenvalue weighted by molar-refractivity contribution is -0.111. The molecule has 0 fully saturated rings. The highest BCUT2D eigenvalue weighted by Gasteiger charge is 2.01. The molecule has 2 aromatic rings. The summed E-state index contributed by atoms with van der Waals surface area (Å²) in [5.41, 5.74) is 2.62. The molecule has 1 aromatic heterocycles. The fourth-order valence-corrected chi connectivity index (χ4v) is 1.81. The average Bonchev–Trinajstić information content (AvgIpc) is 2.41. The van der Waals surface area contributed by atoms with Crippen molar-refractivity contribution in [2.24, 2.45) is 0 Å². The van der Waals surface area contributed by atoms with E-state index in [1.54, 1.807) is 30.6 Å². The Balaban J connectivity index is 2.04. The summed E-state index contributed by atoms with van der Waals surface area (Å²) in [6.45, 7) is 1.90. The van der Waals surface area contributed by atoms with Crippen LogP contribution in [0, 0.1) is 6.92 Å². The highest BCUT2D eigenvalue weighted by atomic mass is 35.5. The third kappa shape index (κ3) is 3.93. The molecule has 0 aliphatic rings. The highest BCUT2D eigenvalue weighted by Crippen LogP contribution is 2.19. The lowest BCUT2D eigenvalue weighted by Gasteiger charge is -2.06. The Morgan fingerprint density at radius 1 is 1.26 bits per heavy atom. The Hall–Kier alpha value is -2.13. The van der Waals surface area contributed by atoms with E-state index in [-0.39, 0.29) is 5.91 Å². The van der Waals surface area contributed by atoms with Crippen LogP contribution < -0.4 is 5.32 Å². The second kappa shape index (κ2) is 6.16. The number of hydrogen-bond acceptors (Lipinski definition) is 2. The van der Waals surface area contributed by atoms with E-state index < -0.39 is 0 Å². The molecule has 0 saturated heterocycles. The summed E-state index contributed by atoms with van der Waals surface area (Å²) in [7, 11) is 0. The lowest BCUT2D eigenvalue weighted by atomic mass is 10.2. The number of aromatic nitrogens is 1. The Bertz CT molecular complexity index is 609. The molecule has 0 atom stereocenters. The van der Waals surface area contributed by atoms with Crippen molar-refractivity contribution in [3.8, 4) is 0 Å². The van der Waals surface area contributed by atoms with Gasteiger partial charge in [-0.25, -0.2) is 0 Å². The van der Waals surface area contributed by atoms with Gasteiger partial charge >= 0.3 is 0 Å². The van der Waals surface area contributed by atoms with Gasteiger partial charge in [0.15, 0.2) is 0 Å². The number of benzene rings is 1. The zero-order chi connectivity index (χ0) is 13.7. The molecule has 1 aromatic carbocycles. The van der Waals surface area contributed by atoms with Crippen LogP contribution in [0.25, 0.3) is 6.08 Å². The number of rotatable bonds is 3. The first-order chi connectivity index (χ1) is 9.15. The molecular weight excluding hydrogens is 260 g/mol. The van der Waals surface area contributed by atoms with E-state index in [2.05, 4.69) is 10.3 Å². The Kier molecular flexibility index (Phi) is 4.31. The maximum Gasteiger partial charge on any atom is 0.248 e. The van der Waals surface area contributed by atoms with Crippen molar-refractivity contribution in [2.75, 3.05) is 5.32 Å². The Morgan fingerprint density at radius 2 is 2.00 bits per heavy atom. The van der Waals surface area contributed by atoms with Gasteiger partial charge in [-0.1, -0.05) is 11.6 Å². The summed E-state index contributed by atoms with van der Waals surface area (Å²) in [4.78, 5) is 15.7. The minimum atomic E-state index is -0.178. The molecule has 96 valence electrons. The largest absolute Gasteiger partial charge is 0.322 e. The molecule has 1 amide bonds. The quantitative estimate of drug-likeness (QED) is 0.866. The number of carbonyl (C=O) groups is 1. The standard InChI is InChI=1S/C15H13ClN2O/c1-11-10-13(16)3-4-14(11)18-15(19)5-2-12-6-8-17-9-7-12/h2-10H,1H3,(H,18,19). The first kappa shape index (κ1) is 13.3. The molecule has 1 heterocycles.